The molecular weight excluding hydrogens is 272 g/mol. The van der Waals surface area contributed by atoms with Gasteiger partial charge in [0.15, 0.2) is 0 Å². The van der Waals surface area contributed by atoms with Crippen molar-refractivity contribution in [2.45, 2.75) is 33.1 Å². The van der Waals surface area contributed by atoms with E-state index < -0.39 is 15.9 Å². The molecule has 0 unspecified atom stereocenters. The standard InChI is InChI=1S/C11H18N2O3S2/c1-3-5-6-18(15,16)13-11-9(10(12)14)7-8(4-2)17-11/h7,13H,3-6H2,1-2H3,(H2,12,14). The molecule has 0 aliphatic carbocycles. The van der Waals surface area contributed by atoms with Crippen LogP contribution < -0.4 is 10.5 Å². The Kier molecular flexibility index (Phi) is 5.15. The van der Waals surface area contributed by atoms with Crippen LogP contribution in [0, 0.1) is 0 Å². The molecule has 3 N–H and O–H groups in total. The number of unbranched alkanes of at least 4 members (excludes halogenated alkanes) is 1. The Hall–Kier alpha value is -1.08. The highest BCUT2D eigenvalue weighted by Gasteiger charge is 2.18. The van der Waals surface area contributed by atoms with Crippen LogP contribution in [-0.4, -0.2) is 20.1 Å². The van der Waals surface area contributed by atoms with E-state index in [1.165, 1.54) is 11.3 Å². The second-order valence-electron chi connectivity index (χ2n) is 3.95. The van der Waals surface area contributed by atoms with E-state index in [2.05, 4.69) is 4.72 Å². The third-order valence-electron chi connectivity index (χ3n) is 2.41. The fourth-order valence-corrected chi connectivity index (χ4v) is 3.97. The molecule has 18 heavy (non-hydrogen) atoms. The quantitative estimate of drug-likeness (QED) is 0.804. The van der Waals surface area contributed by atoms with E-state index in [1.807, 2.05) is 13.8 Å². The van der Waals surface area contributed by atoms with Gasteiger partial charge in [0.25, 0.3) is 5.91 Å². The number of aryl methyl sites for hydroxylation is 1. The van der Waals surface area contributed by atoms with Gasteiger partial charge in [0.1, 0.15) is 5.00 Å². The van der Waals surface area contributed by atoms with Crippen LogP contribution >= 0.6 is 11.3 Å². The van der Waals surface area contributed by atoms with E-state index in [1.54, 1.807) is 6.07 Å². The summed E-state index contributed by atoms with van der Waals surface area (Å²) in [7, 11) is -3.40. The molecule has 1 heterocycles. The van der Waals surface area contributed by atoms with Crippen LogP contribution in [0.5, 0.6) is 0 Å². The molecular formula is C11H18N2O3S2. The van der Waals surface area contributed by atoms with E-state index in [9.17, 15) is 13.2 Å². The van der Waals surface area contributed by atoms with Gasteiger partial charge in [-0.05, 0) is 18.9 Å². The van der Waals surface area contributed by atoms with Gasteiger partial charge in [0.05, 0.1) is 11.3 Å². The Morgan fingerprint density at radius 1 is 1.44 bits per heavy atom. The van der Waals surface area contributed by atoms with Crippen molar-refractivity contribution < 1.29 is 13.2 Å². The topological polar surface area (TPSA) is 89.3 Å². The van der Waals surface area contributed by atoms with E-state index in [4.69, 9.17) is 5.73 Å². The molecule has 1 amide bonds. The molecule has 0 atom stereocenters. The Bertz CT molecular complexity index is 520. The van der Waals surface area contributed by atoms with Gasteiger partial charge in [-0.1, -0.05) is 20.3 Å². The van der Waals surface area contributed by atoms with Crippen LogP contribution in [0.25, 0.3) is 0 Å². The van der Waals surface area contributed by atoms with Crippen LogP contribution in [-0.2, 0) is 16.4 Å². The highest BCUT2D eigenvalue weighted by Crippen LogP contribution is 2.29. The van der Waals surface area contributed by atoms with E-state index in [-0.39, 0.29) is 11.3 Å². The number of amides is 1. The fourth-order valence-electron chi connectivity index (χ4n) is 1.40. The predicted molar refractivity (Wildman–Crippen MR) is 74.5 cm³/mol. The molecule has 0 saturated heterocycles. The molecule has 7 heteroatoms. The summed E-state index contributed by atoms with van der Waals surface area (Å²) in [5, 5.41) is 0.329. The number of carbonyl (C=O) groups is 1. The zero-order valence-electron chi connectivity index (χ0n) is 10.5. The first-order valence-corrected chi connectivity index (χ1v) is 8.29. The fraction of sp³-hybridized carbons (Fsp3) is 0.545. The van der Waals surface area contributed by atoms with Crippen molar-refractivity contribution >= 4 is 32.3 Å². The largest absolute Gasteiger partial charge is 0.366 e. The number of hydrogen-bond donors (Lipinski definition) is 2. The highest BCUT2D eigenvalue weighted by atomic mass is 32.2. The van der Waals surface area contributed by atoms with Crippen LogP contribution in [0.2, 0.25) is 0 Å². The molecule has 5 nitrogen and oxygen atoms in total. The summed E-state index contributed by atoms with van der Waals surface area (Å²) in [5.74, 6) is -0.555. The molecule has 0 aliphatic heterocycles. The molecule has 0 spiro atoms. The normalized spacial score (nSPS) is 11.4. The molecule has 0 saturated carbocycles. The number of thiophene rings is 1. The van der Waals surface area contributed by atoms with Crippen molar-refractivity contribution in [1.82, 2.24) is 0 Å². The summed E-state index contributed by atoms with van der Waals surface area (Å²) < 4.78 is 26.0. The minimum absolute atomic E-state index is 0.0566. The summed E-state index contributed by atoms with van der Waals surface area (Å²) in [5.41, 5.74) is 5.48. The predicted octanol–water partition coefficient (Wildman–Crippen LogP) is 1.95. The number of rotatable bonds is 7. The van der Waals surface area contributed by atoms with Crippen molar-refractivity contribution in [3.63, 3.8) is 0 Å². The molecule has 1 aromatic rings. The van der Waals surface area contributed by atoms with Crippen LogP contribution in [0.4, 0.5) is 5.00 Å². The lowest BCUT2D eigenvalue weighted by molar-refractivity contribution is 0.100. The lowest BCUT2D eigenvalue weighted by Gasteiger charge is -2.06. The first-order chi connectivity index (χ1) is 8.39. The van der Waals surface area contributed by atoms with Crippen LogP contribution in [0.1, 0.15) is 41.9 Å². The lowest BCUT2D eigenvalue weighted by Crippen LogP contribution is -2.19. The Morgan fingerprint density at radius 3 is 2.61 bits per heavy atom. The van der Waals surface area contributed by atoms with Gasteiger partial charge in [-0.25, -0.2) is 8.42 Å². The molecule has 1 rings (SSSR count). The average molecular weight is 290 g/mol. The Balaban J connectivity index is 2.96. The van der Waals surface area contributed by atoms with Gasteiger partial charge in [0, 0.05) is 4.88 Å². The second-order valence-corrected chi connectivity index (χ2v) is 6.93. The molecule has 0 radical (unpaired) electrons. The maximum Gasteiger partial charge on any atom is 0.251 e. The van der Waals surface area contributed by atoms with Crippen molar-refractivity contribution in [2.75, 3.05) is 10.5 Å². The van der Waals surface area contributed by atoms with Crippen molar-refractivity contribution in [2.24, 2.45) is 5.73 Å². The smallest absolute Gasteiger partial charge is 0.251 e. The first kappa shape index (κ1) is 15.0. The van der Waals surface area contributed by atoms with Gasteiger partial charge >= 0.3 is 0 Å². The molecule has 0 fully saturated rings. The van der Waals surface area contributed by atoms with E-state index >= 15 is 0 Å². The SMILES string of the molecule is CCCCS(=O)(=O)Nc1sc(CC)cc1C(N)=O. The minimum Gasteiger partial charge on any atom is -0.366 e. The number of nitrogens with one attached hydrogen (secondary N) is 1. The Morgan fingerprint density at radius 2 is 2.11 bits per heavy atom. The highest BCUT2D eigenvalue weighted by molar-refractivity contribution is 7.92. The van der Waals surface area contributed by atoms with Crippen LogP contribution in [0.3, 0.4) is 0 Å². The van der Waals surface area contributed by atoms with Gasteiger partial charge in [-0.15, -0.1) is 11.3 Å². The number of anilines is 1. The summed E-state index contributed by atoms with van der Waals surface area (Å²) in [6, 6.07) is 1.64. The number of primary amides is 1. The molecule has 0 aliphatic rings. The molecule has 1 aromatic heterocycles. The average Bonchev–Trinajstić information content (AvgIpc) is 2.69. The summed E-state index contributed by atoms with van der Waals surface area (Å²) in [6.07, 6.45) is 2.13. The molecule has 102 valence electrons. The van der Waals surface area contributed by atoms with Gasteiger partial charge in [-0.3, -0.25) is 9.52 Å². The molecule has 0 bridgehead atoms. The van der Waals surface area contributed by atoms with Gasteiger partial charge < -0.3 is 5.73 Å². The number of nitrogens with two attached hydrogens (primary N) is 1. The lowest BCUT2D eigenvalue weighted by atomic mass is 10.2. The van der Waals surface area contributed by atoms with E-state index in [0.29, 0.717) is 11.4 Å². The molecule has 0 aromatic carbocycles. The monoisotopic (exact) mass is 290 g/mol. The summed E-state index contributed by atoms with van der Waals surface area (Å²) in [4.78, 5) is 12.2. The van der Waals surface area contributed by atoms with Crippen molar-refractivity contribution in [3.8, 4) is 0 Å². The maximum absolute atomic E-state index is 11.8. The first-order valence-electron chi connectivity index (χ1n) is 5.82. The van der Waals surface area contributed by atoms with E-state index in [0.717, 1.165) is 17.7 Å². The number of carbonyl (C=O) groups excluding carboxylic acids is 1. The number of hydrogen-bond acceptors (Lipinski definition) is 4. The van der Waals surface area contributed by atoms with Crippen molar-refractivity contribution in [3.05, 3.63) is 16.5 Å². The zero-order valence-corrected chi connectivity index (χ0v) is 12.2. The van der Waals surface area contributed by atoms with Crippen LogP contribution in [0.15, 0.2) is 6.07 Å². The van der Waals surface area contributed by atoms with Gasteiger partial charge in [0.2, 0.25) is 10.0 Å². The Labute approximate surface area is 111 Å². The third kappa shape index (κ3) is 3.99. The zero-order chi connectivity index (χ0) is 13.8. The summed E-state index contributed by atoms with van der Waals surface area (Å²) >= 11 is 1.26. The van der Waals surface area contributed by atoms with Crippen molar-refractivity contribution in [1.29, 1.82) is 0 Å². The number of sulfonamides is 1. The van der Waals surface area contributed by atoms with Gasteiger partial charge in [-0.2, -0.15) is 0 Å². The third-order valence-corrected chi connectivity index (χ3v) is 5.08. The minimum atomic E-state index is -3.40. The maximum atomic E-state index is 11.8. The second kappa shape index (κ2) is 6.19. The summed E-state index contributed by atoms with van der Waals surface area (Å²) in [6.45, 7) is 3.86.